The fourth-order valence-corrected chi connectivity index (χ4v) is 0.968. The number of nitrogens with zero attached hydrogens (tertiary/aromatic N) is 1. The summed E-state index contributed by atoms with van der Waals surface area (Å²) in [4.78, 5) is 11.3. The van der Waals surface area contributed by atoms with Crippen molar-refractivity contribution in [3.8, 4) is 6.07 Å². The van der Waals surface area contributed by atoms with Crippen LogP contribution in [0, 0.1) is 11.3 Å². The van der Waals surface area contributed by atoms with Gasteiger partial charge >= 0.3 is 5.97 Å². The molecule has 5 heteroatoms. The third kappa shape index (κ3) is 3.41. The van der Waals surface area contributed by atoms with Crippen LogP contribution in [0.2, 0.25) is 0 Å². The molecule has 0 saturated heterocycles. The Kier molecular flexibility index (Phi) is 5.29. The Morgan fingerprint density at radius 3 is 2.64 bits per heavy atom. The van der Waals surface area contributed by atoms with Crippen LogP contribution in [-0.2, 0) is 9.53 Å². The summed E-state index contributed by atoms with van der Waals surface area (Å²) in [5.41, 5.74) is -0.139. The first kappa shape index (κ1) is 13.0. The van der Waals surface area contributed by atoms with Gasteiger partial charge in [-0.25, -0.2) is 4.79 Å². The topological polar surface area (TPSA) is 50.1 Å². The molecule has 0 aromatic rings. The van der Waals surface area contributed by atoms with Gasteiger partial charge in [-0.1, -0.05) is 35.9 Å². The third-order valence-electron chi connectivity index (χ3n) is 1.26. The van der Waals surface area contributed by atoms with E-state index in [1.807, 2.05) is 0 Å². The molecule has 0 heterocycles. The monoisotopic (exact) mass is 233 g/mol. The Morgan fingerprint density at radius 2 is 2.29 bits per heavy atom. The predicted octanol–water partition coefficient (Wildman–Crippen LogP) is 2.36. The molecule has 0 unspecified atom stereocenters. The highest BCUT2D eigenvalue weighted by atomic mass is 35.5. The van der Waals surface area contributed by atoms with E-state index in [0.717, 1.165) is 0 Å². The van der Waals surface area contributed by atoms with Crippen molar-refractivity contribution in [3.63, 3.8) is 0 Å². The van der Waals surface area contributed by atoms with Crippen molar-refractivity contribution in [3.05, 3.63) is 24.3 Å². The van der Waals surface area contributed by atoms with Gasteiger partial charge in [-0.2, -0.15) is 5.26 Å². The summed E-state index contributed by atoms with van der Waals surface area (Å²) in [5.74, 6) is -0.723. The van der Waals surface area contributed by atoms with Gasteiger partial charge in [0.05, 0.1) is 12.2 Å². The molecule has 0 aromatic heterocycles. The van der Waals surface area contributed by atoms with Crippen LogP contribution in [0.5, 0.6) is 0 Å². The second-order valence-corrected chi connectivity index (χ2v) is 3.55. The van der Waals surface area contributed by atoms with Gasteiger partial charge in [0.2, 0.25) is 4.33 Å². The molecular formula is C9H9Cl2NO2. The summed E-state index contributed by atoms with van der Waals surface area (Å²) < 4.78 is 2.77. The number of alkyl halides is 2. The van der Waals surface area contributed by atoms with Crippen LogP contribution in [0.3, 0.4) is 0 Å². The van der Waals surface area contributed by atoms with Gasteiger partial charge in [0, 0.05) is 0 Å². The van der Waals surface area contributed by atoms with Crippen LogP contribution >= 0.6 is 23.2 Å². The minimum absolute atomic E-state index is 0.139. The van der Waals surface area contributed by atoms with Crippen molar-refractivity contribution >= 4 is 29.2 Å². The van der Waals surface area contributed by atoms with Crippen molar-refractivity contribution < 1.29 is 9.53 Å². The molecule has 0 saturated carbocycles. The van der Waals surface area contributed by atoms with Crippen molar-refractivity contribution in [2.24, 2.45) is 0 Å². The van der Waals surface area contributed by atoms with Crippen molar-refractivity contribution in [1.29, 1.82) is 5.26 Å². The Morgan fingerprint density at radius 1 is 1.71 bits per heavy atom. The second-order valence-electron chi connectivity index (χ2n) is 2.22. The minimum atomic E-state index is -1.90. The number of ether oxygens (including phenoxy) is 1. The third-order valence-corrected chi connectivity index (χ3v) is 1.83. The molecular weight excluding hydrogens is 225 g/mol. The maximum Gasteiger partial charge on any atom is 0.338 e. The van der Waals surface area contributed by atoms with Gasteiger partial charge < -0.3 is 4.74 Å². The zero-order valence-electron chi connectivity index (χ0n) is 7.59. The average Bonchev–Trinajstić information content (AvgIpc) is 2.14. The summed E-state index contributed by atoms with van der Waals surface area (Å²) >= 11 is 11.2. The lowest BCUT2D eigenvalue weighted by atomic mass is 10.2. The first-order valence-corrected chi connectivity index (χ1v) is 4.54. The minimum Gasteiger partial charge on any atom is -0.463 e. The van der Waals surface area contributed by atoms with E-state index < -0.39 is 10.3 Å². The number of rotatable bonds is 4. The molecule has 0 spiro atoms. The molecule has 3 nitrogen and oxygen atoms in total. The van der Waals surface area contributed by atoms with E-state index in [9.17, 15) is 4.79 Å². The Hall–Kier alpha value is -0.980. The lowest BCUT2D eigenvalue weighted by Crippen LogP contribution is -2.22. The van der Waals surface area contributed by atoms with E-state index in [-0.39, 0.29) is 12.2 Å². The van der Waals surface area contributed by atoms with Gasteiger partial charge in [0.15, 0.2) is 0 Å². The Labute approximate surface area is 92.6 Å². The van der Waals surface area contributed by atoms with Crippen LogP contribution in [0.1, 0.15) is 6.92 Å². The highest BCUT2D eigenvalue weighted by Gasteiger charge is 2.34. The number of esters is 1. The molecule has 0 amide bonds. The molecule has 0 aliphatic carbocycles. The van der Waals surface area contributed by atoms with Gasteiger partial charge in [0.1, 0.15) is 6.07 Å². The van der Waals surface area contributed by atoms with E-state index in [0.29, 0.717) is 0 Å². The zero-order chi connectivity index (χ0) is 11.2. The number of halogens is 2. The molecule has 0 fully saturated rings. The number of carbonyl (C=O) groups excluding carboxylic acids is 1. The van der Waals surface area contributed by atoms with Crippen molar-refractivity contribution in [2.45, 2.75) is 11.3 Å². The van der Waals surface area contributed by atoms with E-state index in [2.05, 4.69) is 11.3 Å². The molecule has 14 heavy (non-hydrogen) atoms. The number of carbonyl (C=O) groups is 1. The molecule has 76 valence electrons. The number of allylic oxidation sites excluding steroid dienone is 2. The molecule has 0 aliphatic heterocycles. The second kappa shape index (κ2) is 5.69. The molecule has 0 bridgehead atoms. The summed E-state index contributed by atoms with van der Waals surface area (Å²) in [7, 11) is 0. The quantitative estimate of drug-likeness (QED) is 0.324. The summed E-state index contributed by atoms with van der Waals surface area (Å²) in [6.45, 7) is 5.20. The number of hydrogen-bond donors (Lipinski definition) is 0. The van der Waals surface area contributed by atoms with Crippen LogP contribution in [0.25, 0.3) is 0 Å². The van der Waals surface area contributed by atoms with Gasteiger partial charge in [-0.15, -0.1) is 0 Å². The van der Waals surface area contributed by atoms with Crippen LogP contribution < -0.4 is 0 Å². The molecule has 0 radical (unpaired) electrons. The fourth-order valence-electron chi connectivity index (χ4n) is 0.688. The summed E-state index contributed by atoms with van der Waals surface area (Å²) in [6, 6.07) is 1.58. The standard InChI is InChI=1S/C9H9Cl2NO2/c1-3-5-7(8(13)14-4-2)9(10,11)6-12/h3,5H,1,4H2,2H3/b7-5+. The lowest BCUT2D eigenvalue weighted by Gasteiger charge is -2.13. The van der Waals surface area contributed by atoms with Crippen LogP contribution in [0.4, 0.5) is 0 Å². The van der Waals surface area contributed by atoms with E-state index in [4.69, 9.17) is 28.5 Å². The smallest absolute Gasteiger partial charge is 0.338 e. The highest BCUT2D eigenvalue weighted by Crippen LogP contribution is 2.30. The normalized spacial score (nSPS) is 11.7. The summed E-state index contributed by atoms with van der Waals surface area (Å²) in [5, 5.41) is 8.61. The highest BCUT2D eigenvalue weighted by molar-refractivity contribution is 6.54. The van der Waals surface area contributed by atoms with Crippen molar-refractivity contribution in [1.82, 2.24) is 0 Å². The Balaban J connectivity index is 4.99. The zero-order valence-corrected chi connectivity index (χ0v) is 9.10. The van der Waals surface area contributed by atoms with Crippen LogP contribution in [-0.4, -0.2) is 16.9 Å². The predicted molar refractivity (Wildman–Crippen MR) is 55.0 cm³/mol. The number of nitriles is 1. The molecule has 0 atom stereocenters. The van der Waals surface area contributed by atoms with Crippen LogP contribution in [0.15, 0.2) is 24.3 Å². The average molecular weight is 234 g/mol. The molecule has 0 aromatic carbocycles. The maximum atomic E-state index is 11.3. The van der Waals surface area contributed by atoms with E-state index in [1.54, 1.807) is 13.0 Å². The first-order chi connectivity index (χ1) is 6.49. The first-order valence-electron chi connectivity index (χ1n) is 3.79. The lowest BCUT2D eigenvalue weighted by molar-refractivity contribution is -0.138. The maximum absolute atomic E-state index is 11.3. The fraction of sp³-hybridized carbons (Fsp3) is 0.333. The molecule has 0 rings (SSSR count). The van der Waals surface area contributed by atoms with Crippen molar-refractivity contribution in [2.75, 3.05) is 6.61 Å². The van der Waals surface area contributed by atoms with Gasteiger partial charge in [-0.05, 0) is 13.0 Å². The Bertz CT molecular complexity index is 302. The van der Waals surface area contributed by atoms with E-state index >= 15 is 0 Å². The van der Waals surface area contributed by atoms with Gasteiger partial charge in [-0.3, -0.25) is 0 Å². The largest absolute Gasteiger partial charge is 0.463 e. The van der Waals surface area contributed by atoms with E-state index in [1.165, 1.54) is 12.2 Å². The number of hydrogen-bond acceptors (Lipinski definition) is 3. The SMILES string of the molecule is C=C/C=C(\C(=O)OCC)C(Cl)(Cl)C#N. The molecule has 0 aliphatic rings. The van der Waals surface area contributed by atoms with Gasteiger partial charge in [0.25, 0.3) is 0 Å². The summed E-state index contributed by atoms with van der Waals surface area (Å²) in [6.07, 6.45) is 2.56. The molecule has 0 N–H and O–H groups in total.